The van der Waals surface area contributed by atoms with Crippen LogP contribution in [-0.2, 0) is 6.42 Å². The number of Topliss-reactive ketones (excluding diaryl/α,β-unsaturated/α-hetero) is 1. The van der Waals surface area contributed by atoms with Gasteiger partial charge in [-0.2, -0.15) is 10.4 Å². The molecule has 0 radical (unpaired) electrons. The van der Waals surface area contributed by atoms with Crippen LogP contribution < -0.4 is 0 Å². The number of benzene rings is 1. The third kappa shape index (κ3) is 3.34. The van der Waals surface area contributed by atoms with Gasteiger partial charge in [0, 0.05) is 23.6 Å². The van der Waals surface area contributed by atoms with Crippen molar-refractivity contribution in [3.05, 3.63) is 41.1 Å². The second kappa shape index (κ2) is 7.23. The standard InChI is InChI=1S/C19H23N3O/c1-5-7-17(23)19-16(6-2)18(21-22(19)13(3)4)15-10-8-14(12-20)9-11-15/h8-11,13H,5-7H2,1-4H3. The van der Waals surface area contributed by atoms with E-state index in [9.17, 15) is 4.79 Å². The highest BCUT2D eigenvalue weighted by Gasteiger charge is 2.23. The fraction of sp³-hybridized carbons (Fsp3) is 0.421. The molecule has 0 bridgehead atoms. The highest BCUT2D eigenvalue weighted by Crippen LogP contribution is 2.29. The van der Waals surface area contributed by atoms with Crippen LogP contribution in [-0.4, -0.2) is 15.6 Å². The molecule has 1 heterocycles. The zero-order chi connectivity index (χ0) is 17.0. The molecule has 0 aliphatic rings. The van der Waals surface area contributed by atoms with E-state index in [1.165, 1.54) is 0 Å². The van der Waals surface area contributed by atoms with Crippen LogP contribution in [0, 0.1) is 11.3 Å². The second-order valence-corrected chi connectivity index (χ2v) is 5.93. The van der Waals surface area contributed by atoms with E-state index in [0.29, 0.717) is 12.0 Å². The SMILES string of the molecule is CCCC(=O)c1c(CC)c(-c2ccc(C#N)cc2)nn1C(C)C. The summed E-state index contributed by atoms with van der Waals surface area (Å²) in [7, 11) is 0. The molecule has 0 amide bonds. The fourth-order valence-corrected chi connectivity index (χ4v) is 2.75. The topological polar surface area (TPSA) is 58.7 Å². The molecule has 2 aromatic rings. The summed E-state index contributed by atoms with van der Waals surface area (Å²) >= 11 is 0. The van der Waals surface area contributed by atoms with Crippen molar-refractivity contribution in [1.29, 1.82) is 5.26 Å². The van der Waals surface area contributed by atoms with Gasteiger partial charge in [0.05, 0.1) is 17.3 Å². The first-order valence-electron chi connectivity index (χ1n) is 8.18. The summed E-state index contributed by atoms with van der Waals surface area (Å²) in [5.41, 5.74) is 4.17. The third-order valence-corrected chi connectivity index (χ3v) is 3.88. The molecule has 0 aliphatic carbocycles. The number of carbonyl (C=O) groups is 1. The fourth-order valence-electron chi connectivity index (χ4n) is 2.75. The number of nitrogens with zero attached hydrogens (tertiary/aromatic N) is 3. The minimum Gasteiger partial charge on any atom is -0.292 e. The van der Waals surface area contributed by atoms with E-state index in [4.69, 9.17) is 10.4 Å². The van der Waals surface area contributed by atoms with Crippen LogP contribution in [0.4, 0.5) is 0 Å². The molecule has 1 aromatic carbocycles. The molecule has 0 spiro atoms. The second-order valence-electron chi connectivity index (χ2n) is 5.93. The van der Waals surface area contributed by atoms with E-state index < -0.39 is 0 Å². The summed E-state index contributed by atoms with van der Waals surface area (Å²) in [6.45, 7) is 8.15. The van der Waals surface area contributed by atoms with Gasteiger partial charge in [-0.05, 0) is 38.8 Å². The van der Waals surface area contributed by atoms with Crippen molar-refractivity contribution in [3.8, 4) is 17.3 Å². The summed E-state index contributed by atoms with van der Waals surface area (Å²) in [5.74, 6) is 0.158. The quantitative estimate of drug-likeness (QED) is 0.736. The molecule has 23 heavy (non-hydrogen) atoms. The normalized spacial score (nSPS) is 10.8. The van der Waals surface area contributed by atoms with E-state index in [1.54, 1.807) is 12.1 Å². The Morgan fingerprint density at radius 2 is 1.91 bits per heavy atom. The van der Waals surface area contributed by atoms with Gasteiger partial charge in [0.1, 0.15) is 5.69 Å². The Hall–Kier alpha value is -2.41. The van der Waals surface area contributed by atoms with Crippen molar-refractivity contribution in [2.45, 2.75) is 53.0 Å². The van der Waals surface area contributed by atoms with E-state index in [2.05, 4.69) is 13.0 Å². The van der Waals surface area contributed by atoms with Gasteiger partial charge in [-0.3, -0.25) is 9.48 Å². The molecule has 4 nitrogen and oxygen atoms in total. The first-order valence-corrected chi connectivity index (χ1v) is 8.18. The Morgan fingerprint density at radius 3 is 2.39 bits per heavy atom. The Bertz CT molecular complexity index is 733. The van der Waals surface area contributed by atoms with Crippen LogP contribution in [0.25, 0.3) is 11.3 Å². The molecule has 0 N–H and O–H groups in total. The number of ketones is 1. The molecule has 0 unspecified atom stereocenters. The Kier molecular flexibility index (Phi) is 5.33. The number of hydrogen-bond donors (Lipinski definition) is 0. The maximum absolute atomic E-state index is 12.6. The molecule has 2 rings (SSSR count). The predicted molar refractivity (Wildman–Crippen MR) is 91.4 cm³/mol. The summed E-state index contributed by atoms with van der Waals surface area (Å²) in [6.07, 6.45) is 2.13. The average molecular weight is 309 g/mol. The number of nitriles is 1. The highest BCUT2D eigenvalue weighted by molar-refractivity contribution is 5.97. The Morgan fingerprint density at radius 1 is 1.26 bits per heavy atom. The number of carbonyl (C=O) groups excluding carboxylic acids is 1. The molecular formula is C19H23N3O. The van der Waals surface area contributed by atoms with E-state index >= 15 is 0 Å². The van der Waals surface area contributed by atoms with Crippen LogP contribution in [0.1, 0.15) is 68.2 Å². The van der Waals surface area contributed by atoms with Crippen LogP contribution in [0.3, 0.4) is 0 Å². The van der Waals surface area contributed by atoms with E-state index in [1.807, 2.05) is 37.6 Å². The van der Waals surface area contributed by atoms with Gasteiger partial charge in [-0.25, -0.2) is 0 Å². The van der Waals surface area contributed by atoms with Crippen LogP contribution >= 0.6 is 0 Å². The van der Waals surface area contributed by atoms with E-state index in [0.717, 1.165) is 35.4 Å². The van der Waals surface area contributed by atoms with Gasteiger partial charge in [-0.15, -0.1) is 0 Å². The lowest BCUT2D eigenvalue weighted by molar-refractivity contribution is 0.0968. The van der Waals surface area contributed by atoms with Crippen molar-refractivity contribution in [2.24, 2.45) is 0 Å². The first kappa shape index (κ1) is 17.0. The van der Waals surface area contributed by atoms with E-state index in [-0.39, 0.29) is 11.8 Å². The van der Waals surface area contributed by atoms with Crippen LogP contribution in [0.5, 0.6) is 0 Å². The van der Waals surface area contributed by atoms with Gasteiger partial charge < -0.3 is 0 Å². The maximum Gasteiger partial charge on any atom is 0.181 e. The lowest BCUT2D eigenvalue weighted by atomic mass is 10.00. The maximum atomic E-state index is 12.6. The predicted octanol–water partition coefficient (Wildman–Crippen LogP) is 4.55. The number of hydrogen-bond acceptors (Lipinski definition) is 3. The number of aromatic nitrogens is 2. The lowest BCUT2D eigenvalue weighted by Crippen LogP contribution is -2.13. The molecular weight excluding hydrogens is 286 g/mol. The minimum atomic E-state index is 0.128. The molecule has 1 aromatic heterocycles. The van der Waals surface area contributed by atoms with Crippen molar-refractivity contribution in [3.63, 3.8) is 0 Å². The molecule has 0 saturated carbocycles. The van der Waals surface area contributed by atoms with Crippen molar-refractivity contribution < 1.29 is 4.79 Å². The summed E-state index contributed by atoms with van der Waals surface area (Å²) in [4.78, 5) is 12.6. The molecule has 0 aliphatic heterocycles. The van der Waals surface area contributed by atoms with Gasteiger partial charge in [0.15, 0.2) is 5.78 Å². The van der Waals surface area contributed by atoms with Gasteiger partial charge >= 0.3 is 0 Å². The third-order valence-electron chi connectivity index (χ3n) is 3.88. The van der Waals surface area contributed by atoms with Crippen molar-refractivity contribution >= 4 is 5.78 Å². The Labute approximate surface area is 137 Å². The Balaban J connectivity index is 2.61. The molecule has 0 fully saturated rings. The first-order chi connectivity index (χ1) is 11.0. The average Bonchev–Trinajstić information content (AvgIpc) is 2.95. The smallest absolute Gasteiger partial charge is 0.181 e. The molecule has 0 saturated heterocycles. The summed E-state index contributed by atoms with van der Waals surface area (Å²) in [5, 5.41) is 13.7. The van der Waals surface area contributed by atoms with Gasteiger partial charge in [0.2, 0.25) is 0 Å². The minimum absolute atomic E-state index is 0.128. The molecule has 0 atom stereocenters. The van der Waals surface area contributed by atoms with Crippen molar-refractivity contribution in [1.82, 2.24) is 9.78 Å². The van der Waals surface area contributed by atoms with Gasteiger partial charge in [-0.1, -0.05) is 26.0 Å². The molecule has 4 heteroatoms. The van der Waals surface area contributed by atoms with Crippen LogP contribution in [0.15, 0.2) is 24.3 Å². The summed E-state index contributed by atoms with van der Waals surface area (Å²) in [6, 6.07) is 9.63. The lowest BCUT2D eigenvalue weighted by Gasteiger charge is -2.10. The zero-order valence-electron chi connectivity index (χ0n) is 14.3. The highest BCUT2D eigenvalue weighted by atomic mass is 16.1. The molecule has 120 valence electrons. The van der Waals surface area contributed by atoms with Crippen molar-refractivity contribution in [2.75, 3.05) is 0 Å². The van der Waals surface area contributed by atoms with Crippen LogP contribution in [0.2, 0.25) is 0 Å². The largest absolute Gasteiger partial charge is 0.292 e. The van der Waals surface area contributed by atoms with Gasteiger partial charge in [0.25, 0.3) is 0 Å². The summed E-state index contributed by atoms with van der Waals surface area (Å²) < 4.78 is 1.85. The monoisotopic (exact) mass is 309 g/mol. The zero-order valence-corrected chi connectivity index (χ0v) is 14.3. The number of rotatable bonds is 6.